The van der Waals surface area contributed by atoms with Gasteiger partial charge in [0.05, 0.1) is 17.5 Å². The van der Waals surface area contributed by atoms with E-state index in [-0.39, 0.29) is 5.57 Å². The molecule has 3 heterocycles. The number of likely N-dealkylation sites (tertiary alicyclic amines) is 1. The van der Waals surface area contributed by atoms with Gasteiger partial charge >= 0.3 is 0 Å². The zero-order chi connectivity index (χ0) is 16.7. The Hall–Kier alpha value is -2.73. The molecule has 120 valence electrons. The molecule has 3 aliphatic heterocycles. The number of amides is 1. The summed E-state index contributed by atoms with van der Waals surface area (Å²) in [6.07, 6.45) is 9.29. The third kappa shape index (κ3) is 2.18. The van der Waals surface area contributed by atoms with Crippen LogP contribution in [0.5, 0.6) is 0 Å². The van der Waals surface area contributed by atoms with Crippen molar-refractivity contribution in [3.63, 3.8) is 0 Å². The van der Waals surface area contributed by atoms with E-state index in [4.69, 9.17) is 5.26 Å². The lowest BCUT2D eigenvalue weighted by atomic mass is 9.63. The van der Waals surface area contributed by atoms with Crippen LogP contribution in [0.2, 0.25) is 0 Å². The Bertz CT molecular complexity index is 803. The molecule has 1 aliphatic carbocycles. The number of aliphatic imine (C=N–C) groups is 2. The number of nitrogens with zero attached hydrogens (tertiary/aromatic N) is 5. The predicted molar refractivity (Wildman–Crippen MR) is 88.1 cm³/mol. The van der Waals surface area contributed by atoms with E-state index in [2.05, 4.69) is 21.0 Å². The molecule has 2 fully saturated rings. The minimum absolute atomic E-state index is 0.0848. The summed E-state index contributed by atoms with van der Waals surface area (Å²) in [4.78, 5) is 22.4. The maximum Gasteiger partial charge on any atom is 0.290 e. The number of carbonyl (C=O) groups excluding carboxylic acids is 1. The molecule has 1 spiro atoms. The highest BCUT2D eigenvalue weighted by atomic mass is 16.1. The average Bonchev–Trinajstić information content (AvgIpc) is 2.59. The number of hydrogen-bond acceptors (Lipinski definition) is 5. The van der Waals surface area contributed by atoms with Gasteiger partial charge in [-0.2, -0.15) is 10.5 Å². The highest BCUT2D eigenvalue weighted by Crippen LogP contribution is 2.49. The van der Waals surface area contributed by atoms with Crippen LogP contribution in [0.1, 0.15) is 32.1 Å². The van der Waals surface area contributed by atoms with E-state index in [1.807, 2.05) is 6.07 Å². The molecule has 1 atom stereocenters. The van der Waals surface area contributed by atoms with Gasteiger partial charge in [-0.3, -0.25) is 9.79 Å². The molecule has 1 amide bonds. The first kappa shape index (κ1) is 14.8. The van der Waals surface area contributed by atoms with E-state index in [1.54, 1.807) is 6.08 Å². The maximum atomic E-state index is 12.2. The maximum absolute atomic E-state index is 12.2. The highest BCUT2D eigenvalue weighted by Gasteiger charge is 2.42. The molecule has 6 nitrogen and oxygen atoms in total. The van der Waals surface area contributed by atoms with Crippen molar-refractivity contribution in [1.29, 1.82) is 10.5 Å². The van der Waals surface area contributed by atoms with Crippen molar-refractivity contribution in [1.82, 2.24) is 4.90 Å². The molecule has 0 N–H and O–H groups in total. The minimum Gasteiger partial charge on any atom is -0.370 e. The summed E-state index contributed by atoms with van der Waals surface area (Å²) in [7, 11) is 0. The summed E-state index contributed by atoms with van der Waals surface area (Å²) >= 11 is 0. The van der Waals surface area contributed by atoms with Gasteiger partial charge in [0, 0.05) is 24.9 Å². The largest absolute Gasteiger partial charge is 0.370 e. The third-order valence-electron chi connectivity index (χ3n) is 5.68. The van der Waals surface area contributed by atoms with Gasteiger partial charge in [0.2, 0.25) is 0 Å². The third-order valence-corrected chi connectivity index (χ3v) is 5.68. The Labute approximate surface area is 140 Å². The first-order valence-electron chi connectivity index (χ1n) is 8.33. The Balaban J connectivity index is 1.70. The fourth-order valence-electron chi connectivity index (χ4n) is 4.08. The molecule has 0 radical (unpaired) electrons. The normalized spacial score (nSPS) is 27.7. The van der Waals surface area contributed by atoms with Crippen molar-refractivity contribution in [2.45, 2.75) is 38.1 Å². The first-order chi connectivity index (χ1) is 11.7. The molecule has 1 saturated heterocycles. The second-order valence-electron chi connectivity index (χ2n) is 6.91. The quantitative estimate of drug-likeness (QED) is 0.738. The molecule has 0 aromatic carbocycles. The standard InChI is InChI=1S/C18H17N5O/c19-9-12-8-13-15(11-21-12)22-17(24)14(10-20)16(13)23-6-4-18(5-7-23)2-1-3-18/h8,11-12H,1-7H2. The number of nitriles is 2. The fraction of sp³-hybridized carbons (Fsp3) is 0.500. The lowest BCUT2D eigenvalue weighted by molar-refractivity contribution is -0.114. The zero-order valence-corrected chi connectivity index (χ0v) is 13.3. The molecule has 1 unspecified atom stereocenters. The van der Waals surface area contributed by atoms with Gasteiger partial charge in [-0.15, -0.1) is 0 Å². The first-order valence-corrected chi connectivity index (χ1v) is 8.33. The monoisotopic (exact) mass is 319 g/mol. The summed E-state index contributed by atoms with van der Waals surface area (Å²) < 4.78 is 0. The van der Waals surface area contributed by atoms with Crippen molar-refractivity contribution < 1.29 is 4.79 Å². The zero-order valence-electron chi connectivity index (χ0n) is 13.3. The van der Waals surface area contributed by atoms with Crippen LogP contribution in [0.3, 0.4) is 0 Å². The van der Waals surface area contributed by atoms with E-state index >= 15 is 0 Å². The second-order valence-corrected chi connectivity index (χ2v) is 6.91. The van der Waals surface area contributed by atoms with Crippen molar-refractivity contribution >= 4 is 17.8 Å². The SMILES string of the molecule is N#CC1=C(N2CCC3(CCC3)CC2)C2=CC(C#N)N=CC2=NC1=O. The molecule has 24 heavy (non-hydrogen) atoms. The topological polar surface area (TPSA) is 92.6 Å². The molecule has 6 heteroatoms. The molecule has 0 bridgehead atoms. The Morgan fingerprint density at radius 1 is 1.21 bits per heavy atom. The summed E-state index contributed by atoms with van der Waals surface area (Å²) in [6.45, 7) is 1.68. The summed E-state index contributed by atoms with van der Waals surface area (Å²) in [6, 6.07) is 3.53. The molecule has 4 aliphatic rings. The van der Waals surface area contributed by atoms with Crippen LogP contribution in [0.25, 0.3) is 0 Å². The number of fused-ring (bicyclic) bond motifs is 1. The van der Waals surface area contributed by atoms with Crippen molar-refractivity contribution in [3.8, 4) is 12.1 Å². The molecular weight excluding hydrogens is 302 g/mol. The van der Waals surface area contributed by atoms with Crippen molar-refractivity contribution in [2.75, 3.05) is 13.1 Å². The van der Waals surface area contributed by atoms with E-state index in [0.29, 0.717) is 22.4 Å². The van der Waals surface area contributed by atoms with Crippen molar-refractivity contribution in [2.24, 2.45) is 15.4 Å². The summed E-state index contributed by atoms with van der Waals surface area (Å²) in [5.41, 5.74) is 2.38. The number of allylic oxidation sites excluding steroid dienone is 1. The molecule has 4 rings (SSSR count). The van der Waals surface area contributed by atoms with Crippen LogP contribution < -0.4 is 0 Å². The van der Waals surface area contributed by atoms with E-state index < -0.39 is 11.9 Å². The van der Waals surface area contributed by atoms with E-state index in [9.17, 15) is 10.1 Å². The van der Waals surface area contributed by atoms with Crippen molar-refractivity contribution in [3.05, 3.63) is 22.9 Å². The highest BCUT2D eigenvalue weighted by molar-refractivity contribution is 6.43. The number of carbonyl (C=O) groups is 1. The Morgan fingerprint density at radius 3 is 2.54 bits per heavy atom. The van der Waals surface area contributed by atoms with Crippen LogP contribution >= 0.6 is 0 Å². The summed E-state index contributed by atoms with van der Waals surface area (Å²) in [5.74, 6) is -0.509. The lowest BCUT2D eigenvalue weighted by Crippen LogP contribution is -2.45. The van der Waals surface area contributed by atoms with Crippen LogP contribution in [-0.2, 0) is 4.79 Å². The van der Waals surface area contributed by atoms with Gasteiger partial charge in [-0.05, 0) is 37.2 Å². The Morgan fingerprint density at radius 2 is 1.96 bits per heavy atom. The van der Waals surface area contributed by atoms with E-state index in [0.717, 1.165) is 25.9 Å². The van der Waals surface area contributed by atoms with Crippen LogP contribution in [-0.4, -0.2) is 41.9 Å². The Kier molecular flexibility index (Phi) is 3.35. The summed E-state index contributed by atoms with van der Waals surface area (Å²) in [5, 5.41) is 18.6. The smallest absolute Gasteiger partial charge is 0.290 e. The van der Waals surface area contributed by atoms with Crippen LogP contribution in [0.15, 0.2) is 32.9 Å². The number of rotatable bonds is 1. The predicted octanol–water partition coefficient (Wildman–Crippen LogP) is 1.91. The fourth-order valence-corrected chi connectivity index (χ4v) is 4.08. The van der Waals surface area contributed by atoms with Gasteiger partial charge in [-0.25, -0.2) is 4.99 Å². The second kappa shape index (κ2) is 5.42. The van der Waals surface area contributed by atoms with Gasteiger partial charge < -0.3 is 4.90 Å². The minimum atomic E-state index is -0.593. The number of hydrogen-bond donors (Lipinski definition) is 0. The molecule has 1 saturated carbocycles. The van der Waals surface area contributed by atoms with E-state index in [1.165, 1.54) is 25.5 Å². The van der Waals surface area contributed by atoms with Crippen LogP contribution in [0, 0.1) is 28.1 Å². The van der Waals surface area contributed by atoms with Crippen LogP contribution in [0.4, 0.5) is 0 Å². The van der Waals surface area contributed by atoms with Gasteiger partial charge in [0.15, 0.2) is 6.04 Å². The lowest BCUT2D eigenvalue weighted by Gasteiger charge is -2.49. The number of dihydropyridines is 2. The molecule has 0 aromatic heterocycles. The average molecular weight is 319 g/mol. The van der Waals surface area contributed by atoms with Gasteiger partial charge in [-0.1, -0.05) is 6.42 Å². The molecular formula is C18H17N5O. The molecule has 0 aromatic rings. The van der Waals surface area contributed by atoms with Gasteiger partial charge in [0.1, 0.15) is 11.6 Å². The number of piperidine rings is 1. The van der Waals surface area contributed by atoms with Gasteiger partial charge in [0.25, 0.3) is 5.91 Å².